The standard InChI is InChI=1S/C16H11NO4/c18-16(19)13-8-11-12(20-13)7-6-10-14(17-21-15(10)11)9-4-2-1-3-5-9/h1-7,13H,8H2,(H,18,19). The first-order chi connectivity index (χ1) is 10.2. The molecule has 21 heavy (non-hydrogen) atoms. The number of carboxylic acid groups (broad SMARTS) is 1. The number of hydrogen-bond acceptors (Lipinski definition) is 4. The molecule has 1 aliphatic rings. The molecule has 0 aliphatic carbocycles. The van der Waals surface area contributed by atoms with Crippen molar-refractivity contribution in [3.05, 3.63) is 48.0 Å². The zero-order chi connectivity index (χ0) is 14.4. The van der Waals surface area contributed by atoms with Gasteiger partial charge in [-0.1, -0.05) is 35.5 Å². The van der Waals surface area contributed by atoms with Gasteiger partial charge in [-0.3, -0.25) is 0 Å². The van der Waals surface area contributed by atoms with Crippen LogP contribution in [0.2, 0.25) is 0 Å². The van der Waals surface area contributed by atoms with Crippen LogP contribution in [-0.2, 0) is 11.2 Å². The number of ether oxygens (including phenoxy) is 1. The van der Waals surface area contributed by atoms with E-state index in [0.717, 1.165) is 22.2 Å². The van der Waals surface area contributed by atoms with Crippen molar-refractivity contribution < 1.29 is 19.2 Å². The van der Waals surface area contributed by atoms with E-state index in [-0.39, 0.29) is 0 Å². The Bertz CT molecular complexity index is 838. The minimum atomic E-state index is -0.970. The van der Waals surface area contributed by atoms with Gasteiger partial charge in [0.25, 0.3) is 0 Å². The lowest BCUT2D eigenvalue weighted by molar-refractivity contribution is -0.144. The summed E-state index contributed by atoms with van der Waals surface area (Å²) in [6, 6.07) is 13.4. The smallest absolute Gasteiger partial charge is 0.345 e. The predicted molar refractivity (Wildman–Crippen MR) is 75.2 cm³/mol. The molecule has 5 nitrogen and oxygen atoms in total. The first-order valence-electron chi connectivity index (χ1n) is 6.60. The Balaban J connectivity index is 1.87. The third kappa shape index (κ3) is 1.78. The highest BCUT2D eigenvalue weighted by atomic mass is 16.5. The van der Waals surface area contributed by atoms with Gasteiger partial charge < -0.3 is 14.4 Å². The number of nitrogens with zero attached hydrogens (tertiary/aromatic N) is 1. The second-order valence-corrected chi connectivity index (χ2v) is 4.96. The van der Waals surface area contributed by atoms with Gasteiger partial charge in [0.05, 0.1) is 5.39 Å². The molecule has 4 rings (SSSR count). The van der Waals surface area contributed by atoms with E-state index in [1.807, 2.05) is 36.4 Å². The van der Waals surface area contributed by atoms with E-state index in [1.165, 1.54) is 0 Å². The minimum Gasteiger partial charge on any atom is -0.478 e. The van der Waals surface area contributed by atoms with Crippen LogP contribution in [0.4, 0.5) is 0 Å². The first kappa shape index (κ1) is 12.0. The summed E-state index contributed by atoms with van der Waals surface area (Å²) < 4.78 is 10.9. The van der Waals surface area contributed by atoms with Gasteiger partial charge in [-0.2, -0.15) is 0 Å². The molecule has 1 N–H and O–H groups in total. The molecule has 0 bridgehead atoms. The number of carbonyl (C=O) groups is 1. The Morgan fingerprint density at radius 2 is 2.00 bits per heavy atom. The third-order valence-corrected chi connectivity index (χ3v) is 3.68. The number of hydrogen-bond donors (Lipinski definition) is 1. The van der Waals surface area contributed by atoms with E-state index in [9.17, 15) is 4.79 Å². The van der Waals surface area contributed by atoms with Crippen LogP contribution in [0.5, 0.6) is 5.75 Å². The summed E-state index contributed by atoms with van der Waals surface area (Å²) in [4.78, 5) is 11.1. The van der Waals surface area contributed by atoms with Crippen molar-refractivity contribution in [2.24, 2.45) is 0 Å². The van der Waals surface area contributed by atoms with Gasteiger partial charge in [0, 0.05) is 17.5 Å². The average Bonchev–Trinajstić information content (AvgIpc) is 3.11. The largest absolute Gasteiger partial charge is 0.478 e. The molecule has 0 saturated carbocycles. The maximum atomic E-state index is 11.1. The van der Waals surface area contributed by atoms with Gasteiger partial charge in [0.15, 0.2) is 11.7 Å². The van der Waals surface area contributed by atoms with Crippen molar-refractivity contribution in [3.8, 4) is 17.0 Å². The Morgan fingerprint density at radius 1 is 1.19 bits per heavy atom. The molecule has 0 saturated heterocycles. The van der Waals surface area contributed by atoms with Crippen molar-refractivity contribution in [3.63, 3.8) is 0 Å². The zero-order valence-corrected chi connectivity index (χ0v) is 10.9. The van der Waals surface area contributed by atoms with E-state index in [2.05, 4.69) is 5.16 Å². The predicted octanol–water partition coefficient (Wildman–Crippen LogP) is 2.88. The maximum Gasteiger partial charge on any atom is 0.345 e. The number of fused-ring (bicyclic) bond motifs is 3. The van der Waals surface area contributed by atoms with Crippen LogP contribution in [-0.4, -0.2) is 22.3 Å². The molecular weight excluding hydrogens is 270 g/mol. The van der Waals surface area contributed by atoms with Crippen LogP contribution in [0.3, 0.4) is 0 Å². The summed E-state index contributed by atoms with van der Waals surface area (Å²) in [6.07, 6.45) is -0.554. The molecule has 1 unspecified atom stereocenters. The molecule has 2 heterocycles. The van der Waals surface area contributed by atoms with Crippen LogP contribution in [0.25, 0.3) is 22.2 Å². The summed E-state index contributed by atoms with van der Waals surface area (Å²) in [7, 11) is 0. The summed E-state index contributed by atoms with van der Waals surface area (Å²) in [5.74, 6) is -0.409. The van der Waals surface area contributed by atoms with Crippen molar-refractivity contribution in [1.29, 1.82) is 0 Å². The average molecular weight is 281 g/mol. The van der Waals surface area contributed by atoms with Gasteiger partial charge in [0.2, 0.25) is 0 Å². The lowest BCUT2D eigenvalue weighted by Gasteiger charge is -2.03. The number of rotatable bonds is 2. The number of benzene rings is 2. The second-order valence-electron chi connectivity index (χ2n) is 4.96. The molecule has 5 heteroatoms. The quantitative estimate of drug-likeness (QED) is 0.782. The Labute approximate surface area is 119 Å². The molecule has 3 aromatic rings. The lowest BCUT2D eigenvalue weighted by Crippen LogP contribution is -2.24. The molecule has 0 radical (unpaired) electrons. The van der Waals surface area contributed by atoms with Crippen molar-refractivity contribution in [2.75, 3.05) is 0 Å². The highest BCUT2D eigenvalue weighted by molar-refractivity contribution is 5.95. The highest BCUT2D eigenvalue weighted by Gasteiger charge is 2.32. The number of aliphatic carboxylic acids is 1. The Morgan fingerprint density at radius 3 is 2.76 bits per heavy atom. The molecule has 0 fully saturated rings. The highest BCUT2D eigenvalue weighted by Crippen LogP contribution is 2.38. The Hall–Kier alpha value is -2.82. The topological polar surface area (TPSA) is 72.6 Å². The van der Waals surface area contributed by atoms with E-state index >= 15 is 0 Å². The van der Waals surface area contributed by atoms with Crippen LogP contribution in [0.15, 0.2) is 47.0 Å². The van der Waals surface area contributed by atoms with Crippen LogP contribution < -0.4 is 4.74 Å². The van der Waals surface area contributed by atoms with Crippen molar-refractivity contribution in [2.45, 2.75) is 12.5 Å². The van der Waals surface area contributed by atoms with E-state index in [4.69, 9.17) is 14.4 Å². The van der Waals surface area contributed by atoms with Gasteiger partial charge in [0.1, 0.15) is 11.4 Å². The maximum absolute atomic E-state index is 11.1. The number of aromatic nitrogens is 1. The molecule has 2 aromatic carbocycles. The summed E-state index contributed by atoms with van der Waals surface area (Å²) in [6.45, 7) is 0. The summed E-state index contributed by atoms with van der Waals surface area (Å²) in [5.41, 5.74) is 3.10. The molecule has 104 valence electrons. The number of carboxylic acids is 1. The molecule has 1 aromatic heterocycles. The fraction of sp³-hybridized carbons (Fsp3) is 0.125. The van der Waals surface area contributed by atoms with Gasteiger partial charge in [-0.15, -0.1) is 0 Å². The second kappa shape index (κ2) is 4.34. The van der Waals surface area contributed by atoms with Gasteiger partial charge in [-0.05, 0) is 12.1 Å². The monoisotopic (exact) mass is 281 g/mol. The van der Waals surface area contributed by atoms with Crippen LogP contribution in [0.1, 0.15) is 5.56 Å². The summed E-state index contributed by atoms with van der Waals surface area (Å²) >= 11 is 0. The SMILES string of the molecule is O=C(O)C1Cc2c(ccc3c(-c4ccccc4)noc23)O1. The van der Waals surface area contributed by atoms with Crippen LogP contribution >= 0.6 is 0 Å². The normalized spacial score (nSPS) is 16.7. The molecule has 1 aliphatic heterocycles. The summed E-state index contributed by atoms with van der Waals surface area (Å²) in [5, 5.41) is 14.1. The van der Waals surface area contributed by atoms with Crippen LogP contribution in [0, 0.1) is 0 Å². The van der Waals surface area contributed by atoms with Crippen molar-refractivity contribution in [1.82, 2.24) is 5.16 Å². The molecule has 0 spiro atoms. The van der Waals surface area contributed by atoms with Gasteiger partial charge in [-0.25, -0.2) is 4.79 Å². The molecule has 0 amide bonds. The lowest BCUT2D eigenvalue weighted by atomic mass is 10.0. The fourth-order valence-corrected chi connectivity index (χ4v) is 2.67. The molecule has 1 atom stereocenters. The van der Waals surface area contributed by atoms with E-state index in [1.54, 1.807) is 6.07 Å². The Kier molecular flexibility index (Phi) is 2.47. The third-order valence-electron chi connectivity index (χ3n) is 3.68. The van der Waals surface area contributed by atoms with E-state index < -0.39 is 12.1 Å². The zero-order valence-electron chi connectivity index (χ0n) is 10.9. The minimum absolute atomic E-state index is 0.297. The van der Waals surface area contributed by atoms with E-state index in [0.29, 0.717) is 17.8 Å². The van der Waals surface area contributed by atoms with Gasteiger partial charge >= 0.3 is 5.97 Å². The molecular formula is C16H11NO4. The fourth-order valence-electron chi connectivity index (χ4n) is 2.67. The first-order valence-corrected chi connectivity index (χ1v) is 6.60. The van der Waals surface area contributed by atoms with Crippen molar-refractivity contribution >= 4 is 16.9 Å².